The maximum atomic E-state index is 11.7. The van der Waals surface area contributed by atoms with E-state index in [1.54, 1.807) is 0 Å². The first-order valence-corrected chi connectivity index (χ1v) is 6.41. The predicted molar refractivity (Wildman–Crippen MR) is 66.2 cm³/mol. The summed E-state index contributed by atoms with van der Waals surface area (Å²) in [6, 6.07) is 1.91. The summed E-state index contributed by atoms with van der Waals surface area (Å²) in [5.74, 6) is -0.114. The van der Waals surface area contributed by atoms with Crippen LogP contribution in [0.25, 0.3) is 0 Å². The molecule has 0 saturated carbocycles. The van der Waals surface area contributed by atoms with Crippen LogP contribution < -0.4 is 0 Å². The number of halogens is 1. The van der Waals surface area contributed by atoms with Crippen molar-refractivity contribution in [3.63, 3.8) is 0 Å². The highest BCUT2D eigenvalue weighted by Gasteiger charge is 2.28. The van der Waals surface area contributed by atoms with Gasteiger partial charge in [-0.1, -0.05) is 20.8 Å². The third-order valence-corrected chi connectivity index (χ3v) is 3.79. The van der Waals surface area contributed by atoms with E-state index in [0.29, 0.717) is 6.42 Å². The van der Waals surface area contributed by atoms with E-state index in [4.69, 9.17) is 0 Å². The number of carbonyl (C=O) groups excluding carboxylic acids is 1. The molecule has 2 nitrogen and oxygen atoms in total. The summed E-state index contributed by atoms with van der Waals surface area (Å²) < 4.78 is 0.987. The van der Waals surface area contributed by atoms with Gasteiger partial charge >= 0.3 is 0 Å². The summed E-state index contributed by atoms with van der Waals surface area (Å²) in [6.45, 7) is 5.58. The van der Waals surface area contributed by atoms with Crippen molar-refractivity contribution in [3.05, 3.63) is 20.8 Å². The molecule has 1 atom stereocenters. The lowest BCUT2D eigenvalue weighted by Gasteiger charge is -2.24. The Hall–Kier alpha value is -0.190. The summed E-state index contributed by atoms with van der Waals surface area (Å²) in [5, 5.41) is 11.7. The highest BCUT2D eigenvalue weighted by Crippen LogP contribution is 2.24. The molecule has 0 radical (unpaired) electrons. The van der Waals surface area contributed by atoms with Gasteiger partial charge in [0.1, 0.15) is 6.10 Å². The molecule has 0 bridgehead atoms. The normalized spacial score (nSPS) is 13.9. The van der Waals surface area contributed by atoms with Crippen LogP contribution in [0.2, 0.25) is 0 Å². The second-order valence-electron chi connectivity index (χ2n) is 4.64. The third-order valence-electron chi connectivity index (χ3n) is 2.10. The van der Waals surface area contributed by atoms with Crippen LogP contribution in [0.15, 0.2) is 15.9 Å². The fraction of sp³-hybridized carbons (Fsp3) is 0.545. The van der Waals surface area contributed by atoms with Crippen LogP contribution in [0, 0.1) is 5.41 Å². The summed E-state index contributed by atoms with van der Waals surface area (Å²) in [6.07, 6.45) is -0.576. The molecule has 1 aromatic rings. The van der Waals surface area contributed by atoms with E-state index in [1.807, 2.05) is 32.2 Å². The summed E-state index contributed by atoms with van der Waals surface area (Å²) in [4.78, 5) is 12.7. The van der Waals surface area contributed by atoms with E-state index in [0.717, 1.165) is 9.35 Å². The van der Waals surface area contributed by atoms with Crippen molar-refractivity contribution in [1.29, 1.82) is 0 Å². The van der Waals surface area contributed by atoms with Crippen molar-refractivity contribution in [2.45, 2.75) is 33.3 Å². The van der Waals surface area contributed by atoms with E-state index in [1.165, 1.54) is 11.3 Å². The third kappa shape index (κ3) is 3.70. The van der Waals surface area contributed by atoms with Gasteiger partial charge in [-0.2, -0.15) is 0 Å². The Morgan fingerprint density at radius 1 is 1.60 bits per heavy atom. The zero-order valence-corrected chi connectivity index (χ0v) is 11.5. The predicted octanol–water partition coefficient (Wildman–Crippen LogP) is 3.03. The molecule has 1 heterocycles. The van der Waals surface area contributed by atoms with E-state index in [-0.39, 0.29) is 11.2 Å². The number of carbonyl (C=O) groups is 1. The van der Waals surface area contributed by atoms with E-state index < -0.39 is 6.10 Å². The maximum absolute atomic E-state index is 11.7. The molecule has 0 amide bonds. The van der Waals surface area contributed by atoms with Gasteiger partial charge < -0.3 is 5.11 Å². The monoisotopic (exact) mass is 290 g/mol. The summed E-state index contributed by atoms with van der Waals surface area (Å²) >= 11 is 4.86. The molecule has 0 aliphatic rings. The summed E-state index contributed by atoms with van der Waals surface area (Å²) in [5.41, 5.74) is -0.383. The van der Waals surface area contributed by atoms with E-state index in [2.05, 4.69) is 15.9 Å². The lowest BCUT2D eigenvalue weighted by atomic mass is 9.85. The van der Waals surface area contributed by atoms with Crippen LogP contribution in [0.5, 0.6) is 0 Å². The van der Waals surface area contributed by atoms with Gasteiger partial charge in [-0.3, -0.25) is 4.79 Å². The second kappa shape index (κ2) is 4.76. The van der Waals surface area contributed by atoms with Crippen LogP contribution in [0.1, 0.15) is 25.6 Å². The SMILES string of the molecule is CC(C)(C)C(O)C(=O)Cc1cc(Br)cs1. The van der Waals surface area contributed by atoms with Crippen LogP contribution in [0.3, 0.4) is 0 Å². The molecule has 0 aromatic carbocycles. The fourth-order valence-electron chi connectivity index (χ4n) is 1.20. The number of thiophene rings is 1. The van der Waals surface area contributed by atoms with Crippen molar-refractivity contribution >= 4 is 33.0 Å². The van der Waals surface area contributed by atoms with E-state index in [9.17, 15) is 9.90 Å². The second-order valence-corrected chi connectivity index (χ2v) is 6.55. The molecule has 1 unspecified atom stereocenters. The van der Waals surface area contributed by atoms with Gasteiger partial charge in [-0.15, -0.1) is 11.3 Å². The van der Waals surface area contributed by atoms with Crippen molar-refractivity contribution in [2.24, 2.45) is 5.41 Å². The minimum Gasteiger partial charge on any atom is -0.385 e. The van der Waals surface area contributed by atoms with Crippen LogP contribution in [0.4, 0.5) is 0 Å². The van der Waals surface area contributed by atoms with Crippen molar-refractivity contribution in [3.8, 4) is 0 Å². The van der Waals surface area contributed by atoms with Gasteiger partial charge in [0.05, 0.1) is 0 Å². The Morgan fingerprint density at radius 2 is 2.20 bits per heavy atom. The number of rotatable bonds is 3. The minimum absolute atomic E-state index is 0.114. The van der Waals surface area contributed by atoms with Gasteiger partial charge in [0.2, 0.25) is 0 Å². The molecule has 0 saturated heterocycles. The lowest BCUT2D eigenvalue weighted by Crippen LogP contribution is -2.35. The lowest BCUT2D eigenvalue weighted by molar-refractivity contribution is -0.131. The zero-order valence-electron chi connectivity index (χ0n) is 9.08. The molecule has 0 aliphatic heterocycles. The van der Waals surface area contributed by atoms with Crippen molar-refractivity contribution in [1.82, 2.24) is 0 Å². The van der Waals surface area contributed by atoms with Gasteiger partial charge in [-0.05, 0) is 27.4 Å². The first-order chi connectivity index (χ1) is 6.80. The molecule has 84 valence electrons. The Bertz CT molecular complexity index is 352. The average molecular weight is 291 g/mol. The van der Waals surface area contributed by atoms with Crippen LogP contribution in [-0.4, -0.2) is 17.0 Å². The molecule has 1 N–H and O–H groups in total. The van der Waals surface area contributed by atoms with Gasteiger partial charge in [0, 0.05) is 21.2 Å². The maximum Gasteiger partial charge on any atom is 0.166 e. The molecule has 0 fully saturated rings. The molecule has 0 aliphatic carbocycles. The Balaban J connectivity index is 2.64. The summed E-state index contributed by atoms with van der Waals surface area (Å²) in [7, 11) is 0. The Labute approximate surface area is 102 Å². The van der Waals surface area contributed by atoms with Crippen LogP contribution in [-0.2, 0) is 11.2 Å². The molecule has 1 aromatic heterocycles. The highest BCUT2D eigenvalue weighted by atomic mass is 79.9. The number of aliphatic hydroxyl groups excluding tert-OH is 1. The topological polar surface area (TPSA) is 37.3 Å². The smallest absolute Gasteiger partial charge is 0.166 e. The first-order valence-electron chi connectivity index (χ1n) is 4.74. The Kier molecular flexibility index (Phi) is 4.09. The molecular weight excluding hydrogens is 276 g/mol. The minimum atomic E-state index is -0.890. The van der Waals surface area contributed by atoms with Crippen LogP contribution >= 0.6 is 27.3 Å². The average Bonchev–Trinajstić information content (AvgIpc) is 2.48. The highest BCUT2D eigenvalue weighted by molar-refractivity contribution is 9.10. The number of hydrogen-bond acceptors (Lipinski definition) is 3. The number of hydrogen-bond donors (Lipinski definition) is 1. The molecule has 0 spiro atoms. The number of aliphatic hydroxyl groups is 1. The number of ketones is 1. The van der Waals surface area contributed by atoms with Gasteiger partial charge in [0.25, 0.3) is 0 Å². The molecule has 15 heavy (non-hydrogen) atoms. The standard InChI is InChI=1S/C11H15BrO2S/c1-11(2,3)10(14)9(13)5-8-4-7(12)6-15-8/h4,6,10,14H,5H2,1-3H3. The van der Waals surface area contributed by atoms with Gasteiger partial charge in [0.15, 0.2) is 5.78 Å². The fourth-order valence-corrected chi connectivity index (χ4v) is 2.66. The van der Waals surface area contributed by atoms with Crippen molar-refractivity contribution < 1.29 is 9.90 Å². The molecule has 1 rings (SSSR count). The number of Topliss-reactive ketones (excluding diaryl/α,β-unsaturated/α-hetero) is 1. The molecule has 4 heteroatoms. The zero-order chi connectivity index (χ0) is 11.6. The largest absolute Gasteiger partial charge is 0.385 e. The van der Waals surface area contributed by atoms with E-state index >= 15 is 0 Å². The van der Waals surface area contributed by atoms with Gasteiger partial charge in [-0.25, -0.2) is 0 Å². The quantitative estimate of drug-likeness (QED) is 0.929. The Morgan fingerprint density at radius 3 is 2.60 bits per heavy atom. The van der Waals surface area contributed by atoms with Crippen molar-refractivity contribution in [2.75, 3.05) is 0 Å². The first kappa shape index (κ1) is 12.9. The molecular formula is C11H15BrO2S.